The highest BCUT2D eigenvalue weighted by atomic mass is 35.5. The first-order valence-electron chi connectivity index (χ1n) is 4.18. The Labute approximate surface area is 90.8 Å². The molecule has 15 heavy (non-hydrogen) atoms. The van der Waals surface area contributed by atoms with Crippen LogP contribution in [0.1, 0.15) is 18.4 Å². The third-order valence-corrected chi connectivity index (χ3v) is 2.15. The van der Waals surface area contributed by atoms with Crippen molar-refractivity contribution in [3.63, 3.8) is 0 Å². The van der Waals surface area contributed by atoms with Crippen molar-refractivity contribution in [3.8, 4) is 5.75 Å². The van der Waals surface area contributed by atoms with Gasteiger partial charge in [0.1, 0.15) is 5.75 Å². The molecule has 0 spiro atoms. The molecule has 0 saturated carbocycles. The largest absolute Gasteiger partial charge is 0.573 e. The summed E-state index contributed by atoms with van der Waals surface area (Å²) in [5.41, 5.74) is 0.526. The molecule has 0 heterocycles. The van der Waals surface area contributed by atoms with Gasteiger partial charge in [-0.15, -0.1) is 13.2 Å². The van der Waals surface area contributed by atoms with E-state index >= 15 is 0 Å². The molecule has 0 aliphatic carbocycles. The Kier molecular flexibility index (Phi) is 3.50. The van der Waals surface area contributed by atoms with Gasteiger partial charge in [0.25, 0.3) is 0 Å². The van der Waals surface area contributed by atoms with Crippen LogP contribution in [0.5, 0.6) is 5.75 Å². The third-order valence-electron chi connectivity index (χ3n) is 1.75. The predicted molar refractivity (Wildman–Crippen MR) is 51.9 cm³/mol. The molecule has 1 rings (SSSR count). The minimum atomic E-state index is -4.73. The van der Waals surface area contributed by atoms with Gasteiger partial charge in [-0.2, -0.15) is 0 Å². The van der Waals surface area contributed by atoms with Crippen LogP contribution >= 0.6 is 11.6 Å². The molecule has 0 bridgehead atoms. The van der Waals surface area contributed by atoms with Gasteiger partial charge in [-0.05, 0) is 24.5 Å². The van der Waals surface area contributed by atoms with Crippen molar-refractivity contribution in [3.05, 3.63) is 35.7 Å². The van der Waals surface area contributed by atoms with Crippen LogP contribution in [0.15, 0.2) is 18.2 Å². The highest BCUT2D eigenvalue weighted by Gasteiger charge is 2.32. The lowest BCUT2D eigenvalue weighted by Gasteiger charge is -2.14. The van der Waals surface area contributed by atoms with E-state index in [0.717, 1.165) is 0 Å². The van der Waals surface area contributed by atoms with E-state index in [-0.39, 0.29) is 10.9 Å². The number of halogens is 4. The fraction of sp³-hybridized carbons (Fsp3) is 0.300. The lowest BCUT2D eigenvalue weighted by atomic mass is 10.0. The van der Waals surface area contributed by atoms with Gasteiger partial charge in [0.05, 0.1) is 5.02 Å². The van der Waals surface area contributed by atoms with Crippen molar-refractivity contribution in [2.24, 2.45) is 0 Å². The molecule has 1 atom stereocenters. The first kappa shape index (κ1) is 12.2. The van der Waals surface area contributed by atoms with Gasteiger partial charge in [0.15, 0.2) is 0 Å². The summed E-state index contributed by atoms with van der Waals surface area (Å²) >= 11 is 5.74. The van der Waals surface area contributed by atoms with E-state index in [1.165, 1.54) is 12.1 Å². The van der Waals surface area contributed by atoms with Crippen LogP contribution in [0.3, 0.4) is 0 Å². The van der Waals surface area contributed by atoms with Crippen molar-refractivity contribution < 1.29 is 17.9 Å². The van der Waals surface area contributed by atoms with Crippen LogP contribution < -0.4 is 4.74 Å². The zero-order valence-electron chi connectivity index (χ0n) is 7.94. The Balaban J connectivity index is 3.05. The lowest BCUT2D eigenvalue weighted by molar-refractivity contribution is -0.274. The van der Waals surface area contributed by atoms with Gasteiger partial charge in [-0.25, -0.2) is 0 Å². The first-order valence-corrected chi connectivity index (χ1v) is 4.56. The second-order valence-electron chi connectivity index (χ2n) is 3.11. The summed E-state index contributed by atoms with van der Waals surface area (Å²) in [6.45, 7) is 5.42. The van der Waals surface area contributed by atoms with Crippen LogP contribution in [-0.2, 0) is 0 Å². The minimum Gasteiger partial charge on any atom is -0.404 e. The van der Waals surface area contributed by atoms with Crippen LogP contribution in [0, 0.1) is 6.92 Å². The summed E-state index contributed by atoms with van der Waals surface area (Å²) in [5, 5.41) is -0.0441. The van der Waals surface area contributed by atoms with Crippen molar-refractivity contribution in [1.82, 2.24) is 0 Å². The molecule has 1 unspecified atom stereocenters. The highest BCUT2D eigenvalue weighted by molar-refractivity contribution is 6.32. The molecule has 0 aliphatic rings. The number of benzene rings is 1. The standard InChI is InChI=1S/C10H9ClF3O/c1-6(2)7-4-3-5-8(9(7)11)15-10(12,13)14/h3-6H,1H2,2H3. The Morgan fingerprint density at radius 2 is 2.00 bits per heavy atom. The van der Waals surface area contributed by atoms with E-state index in [1.807, 2.05) is 0 Å². The number of alkyl halides is 3. The van der Waals surface area contributed by atoms with Crippen LogP contribution in [0.4, 0.5) is 13.2 Å². The van der Waals surface area contributed by atoms with Gasteiger partial charge in [0, 0.05) is 0 Å². The quantitative estimate of drug-likeness (QED) is 0.750. The molecule has 0 fully saturated rings. The molecule has 1 aromatic carbocycles. The fourth-order valence-corrected chi connectivity index (χ4v) is 1.46. The fourth-order valence-electron chi connectivity index (χ4n) is 1.11. The maximum absolute atomic E-state index is 12.0. The highest BCUT2D eigenvalue weighted by Crippen LogP contribution is 2.35. The second kappa shape index (κ2) is 4.31. The van der Waals surface area contributed by atoms with Gasteiger partial charge in [0.2, 0.25) is 0 Å². The SMILES string of the molecule is [CH2]C(C)c1cccc(OC(F)(F)F)c1Cl. The average molecular weight is 238 g/mol. The minimum absolute atomic E-state index is 0.0441. The first-order chi connectivity index (χ1) is 6.81. The van der Waals surface area contributed by atoms with E-state index in [4.69, 9.17) is 11.6 Å². The van der Waals surface area contributed by atoms with Gasteiger partial charge in [-0.1, -0.05) is 30.7 Å². The molecule has 5 heteroatoms. The normalized spacial score (nSPS) is 11.9. The smallest absolute Gasteiger partial charge is 0.404 e. The molecule has 0 aliphatic heterocycles. The molecule has 0 amide bonds. The maximum atomic E-state index is 12.0. The van der Waals surface area contributed by atoms with Crippen molar-refractivity contribution >= 4 is 11.6 Å². The van der Waals surface area contributed by atoms with Crippen LogP contribution in [-0.4, -0.2) is 6.36 Å². The molecule has 1 aromatic rings. The number of hydrogen-bond donors (Lipinski definition) is 0. The Morgan fingerprint density at radius 3 is 2.47 bits per heavy atom. The second-order valence-corrected chi connectivity index (χ2v) is 3.49. The van der Waals surface area contributed by atoms with Crippen LogP contribution in [0.2, 0.25) is 5.02 Å². The Hall–Kier alpha value is -0.900. The molecular weight excluding hydrogens is 229 g/mol. The lowest BCUT2D eigenvalue weighted by Crippen LogP contribution is -2.17. The van der Waals surface area contributed by atoms with Crippen molar-refractivity contribution in [2.75, 3.05) is 0 Å². The summed E-state index contributed by atoms with van der Waals surface area (Å²) < 4.78 is 39.6. The maximum Gasteiger partial charge on any atom is 0.573 e. The molecular formula is C10H9ClF3O. The average Bonchev–Trinajstić information content (AvgIpc) is 2.05. The van der Waals surface area contributed by atoms with Gasteiger partial charge >= 0.3 is 6.36 Å². The van der Waals surface area contributed by atoms with E-state index in [0.29, 0.717) is 5.56 Å². The Morgan fingerprint density at radius 1 is 1.40 bits per heavy atom. The number of ether oxygens (including phenoxy) is 1. The monoisotopic (exact) mass is 237 g/mol. The van der Waals surface area contributed by atoms with Crippen molar-refractivity contribution in [2.45, 2.75) is 19.2 Å². The van der Waals surface area contributed by atoms with Gasteiger partial charge in [-0.3, -0.25) is 0 Å². The topological polar surface area (TPSA) is 9.23 Å². The van der Waals surface area contributed by atoms with E-state index in [9.17, 15) is 13.2 Å². The molecule has 0 saturated heterocycles. The van der Waals surface area contributed by atoms with Gasteiger partial charge < -0.3 is 4.74 Å². The summed E-state index contributed by atoms with van der Waals surface area (Å²) in [7, 11) is 0. The zero-order valence-corrected chi connectivity index (χ0v) is 8.69. The molecule has 1 nitrogen and oxygen atoms in total. The zero-order chi connectivity index (χ0) is 11.6. The summed E-state index contributed by atoms with van der Waals surface area (Å²) in [5.74, 6) is -0.591. The summed E-state index contributed by atoms with van der Waals surface area (Å²) in [6.07, 6.45) is -4.73. The van der Waals surface area contributed by atoms with E-state index in [2.05, 4.69) is 11.7 Å². The molecule has 0 aromatic heterocycles. The molecule has 83 valence electrons. The summed E-state index contributed by atoms with van der Waals surface area (Å²) in [4.78, 5) is 0. The third kappa shape index (κ3) is 3.30. The van der Waals surface area contributed by atoms with Crippen molar-refractivity contribution in [1.29, 1.82) is 0 Å². The molecule has 1 radical (unpaired) electrons. The Bertz CT molecular complexity index is 347. The van der Waals surface area contributed by atoms with E-state index < -0.39 is 12.1 Å². The number of rotatable bonds is 2. The number of hydrogen-bond acceptors (Lipinski definition) is 1. The predicted octanol–water partition coefficient (Wildman–Crippen LogP) is 4.18. The van der Waals surface area contributed by atoms with E-state index in [1.54, 1.807) is 13.0 Å². The molecule has 0 N–H and O–H groups in total. The summed E-state index contributed by atoms with van der Waals surface area (Å²) in [6, 6.07) is 4.23. The van der Waals surface area contributed by atoms with Crippen LogP contribution in [0.25, 0.3) is 0 Å².